The zero-order chi connectivity index (χ0) is 15.4. The Bertz CT molecular complexity index is 494. The predicted octanol–water partition coefficient (Wildman–Crippen LogP) is 1.82. The van der Waals surface area contributed by atoms with Crippen molar-refractivity contribution in [1.29, 1.82) is 0 Å². The molecule has 5 heteroatoms. The topological polar surface area (TPSA) is 67.6 Å². The fourth-order valence-corrected chi connectivity index (χ4v) is 3.00. The molecule has 1 aliphatic rings. The minimum absolute atomic E-state index is 0.0473. The Kier molecular flexibility index (Phi) is 5.07. The van der Waals surface area contributed by atoms with Gasteiger partial charge >= 0.3 is 0 Å². The highest BCUT2D eigenvalue weighted by Crippen LogP contribution is 2.34. The quantitative estimate of drug-likeness (QED) is 0.888. The first-order valence-electron chi connectivity index (χ1n) is 7.47. The number of carbonyl (C=O) groups is 1. The number of rotatable bonds is 4. The molecule has 3 N–H and O–H groups in total. The number of hydrogen-bond acceptors (Lipinski definition) is 4. The van der Waals surface area contributed by atoms with E-state index in [-0.39, 0.29) is 18.0 Å². The highest BCUT2D eigenvalue weighted by atomic mass is 16.5. The SMILES string of the molecule is COc1cccc(N2CCC(NC(C)=O)CC2)c1C(C)N. The second-order valence-electron chi connectivity index (χ2n) is 5.64. The van der Waals surface area contributed by atoms with Crippen LogP contribution in [0.1, 0.15) is 38.3 Å². The zero-order valence-electron chi connectivity index (χ0n) is 13.1. The molecule has 1 unspecified atom stereocenters. The van der Waals surface area contributed by atoms with Crippen molar-refractivity contribution in [2.24, 2.45) is 5.73 Å². The lowest BCUT2D eigenvalue weighted by Crippen LogP contribution is -2.44. The Labute approximate surface area is 126 Å². The fraction of sp³-hybridized carbons (Fsp3) is 0.562. The summed E-state index contributed by atoms with van der Waals surface area (Å²) < 4.78 is 5.45. The molecule has 0 aromatic heterocycles. The lowest BCUT2D eigenvalue weighted by atomic mass is 10.00. The van der Waals surface area contributed by atoms with Crippen LogP contribution in [0.2, 0.25) is 0 Å². The largest absolute Gasteiger partial charge is 0.496 e. The number of nitrogens with one attached hydrogen (secondary N) is 1. The second-order valence-corrected chi connectivity index (χ2v) is 5.64. The van der Waals surface area contributed by atoms with Crippen molar-refractivity contribution in [2.75, 3.05) is 25.1 Å². The molecule has 2 rings (SSSR count). The van der Waals surface area contributed by atoms with E-state index in [1.165, 1.54) is 0 Å². The number of benzene rings is 1. The lowest BCUT2D eigenvalue weighted by molar-refractivity contribution is -0.119. The number of methoxy groups -OCH3 is 1. The Morgan fingerprint density at radius 2 is 2.10 bits per heavy atom. The monoisotopic (exact) mass is 291 g/mol. The van der Waals surface area contributed by atoms with Crippen LogP contribution < -0.4 is 20.7 Å². The van der Waals surface area contributed by atoms with Gasteiger partial charge in [0.15, 0.2) is 0 Å². The van der Waals surface area contributed by atoms with Gasteiger partial charge in [-0.15, -0.1) is 0 Å². The summed E-state index contributed by atoms with van der Waals surface area (Å²) in [5, 5.41) is 3.00. The average molecular weight is 291 g/mol. The molecule has 1 fully saturated rings. The molecule has 1 aromatic rings. The highest BCUT2D eigenvalue weighted by Gasteiger charge is 2.23. The summed E-state index contributed by atoms with van der Waals surface area (Å²) in [5.41, 5.74) is 8.32. The number of carbonyl (C=O) groups excluding carboxylic acids is 1. The maximum atomic E-state index is 11.1. The first-order chi connectivity index (χ1) is 10.0. The van der Waals surface area contributed by atoms with Crippen molar-refractivity contribution >= 4 is 11.6 Å². The highest BCUT2D eigenvalue weighted by molar-refractivity contribution is 5.73. The number of amides is 1. The summed E-state index contributed by atoms with van der Waals surface area (Å²) in [6, 6.07) is 6.25. The maximum Gasteiger partial charge on any atom is 0.217 e. The minimum atomic E-state index is -0.0794. The van der Waals surface area contributed by atoms with Gasteiger partial charge in [-0.05, 0) is 31.9 Å². The molecular formula is C16H25N3O2. The van der Waals surface area contributed by atoms with Crippen LogP contribution >= 0.6 is 0 Å². The second kappa shape index (κ2) is 6.80. The van der Waals surface area contributed by atoms with Crippen molar-refractivity contribution < 1.29 is 9.53 Å². The Morgan fingerprint density at radius 3 is 2.62 bits per heavy atom. The summed E-state index contributed by atoms with van der Waals surface area (Å²) in [5.74, 6) is 0.887. The smallest absolute Gasteiger partial charge is 0.217 e. The van der Waals surface area contributed by atoms with Crippen LogP contribution in [0.5, 0.6) is 5.75 Å². The van der Waals surface area contributed by atoms with Gasteiger partial charge in [-0.2, -0.15) is 0 Å². The van der Waals surface area contributed by atoms with Gasteiger partial charge in [0.1, 0.15) is 5.75 Å². The van der Waals surface area contributed by atoms with E-state index in [9.17, 15) is 4.79 Å². The predicted molar refractivity (Wildman–Crippen MR) is 84.6 cm³/mol. The molecule has 5 nitrogen and oxygen atoms in total. The van der Waals surface area contributed by atoms with Crippen molar-refractivity contribution in [3.8, 4) is 5.75 Å². The molecule has 0 spiro atoms. The number of anilines is 1. The number of nitrogens with zero attached hydrogens (tertiary/aromatic N) is 1. The summed E-state index contributed by atoms with van der Waals surface area (Å²) >= 11 is 0. The van der Waals surface area contributed by atoms with Gasteiger partial charge in [-0.1, -0.05) is 6.07 Å². The molecular weight excluding hydrogens is 266 g/mol. The molecule has 1 aliphatic heterocycles. The van der Waals surface area contributed by atoms with Crippen LogP contribution in [0.4, 0.5) is 5.69 Å². The van der Waals surface area contributed by atoms with E-state index >= 15 is 0 Å². The van der Waals surface area contributed by atoms with Crippen LogP contribution in [-0.2, 0) is 4.79 Å². The van der Waals surface area contributed by atoms with E-state index in [0.29, 0.717) is 0 Å². The molecule has 0 aliphatic carbocycles. The summed E-state index contributed by atoms with van der Waals surface area (Å²) in [6.45, 7) is 5.38. The average Bonchev–Trinajstić information content (AvgIpc) is 2.46. The van der Waals surface area contributed by atoms with E-state index in [0.717, 1.165) is 42.9 Å². The molecule has 21 heavy (non-hydrogen) atoms. The third-order valence-corrected chi connectivity index (χ3v) is 3.96. The third-order valence-electron chi connectivity index (χ3n) is 3.96. The van der Waals surface area contributed by atoms with Gasteiger partial charge in [0.25, 0.3) is 0 Å². The maximum absolute atomic E-state index is 11.1. The molecule has 1 atom stereocenters. The minimum Gasteiger partial charge on any atom is -0.496 e. The van der Waals surface area contributed by atoms with Crippen LogP contribution in [0.3, 0.4) is 0 Å². The molecule has 1 amide bonds. The summed E-state index contributed by atoms with van der Waals surface area (Å²) in [4.78, 5) is 13.5. The van der Waals surface area contributed by atoms with Crippen LogP contribution in [0, 0.1) is 0 Å². The molecule has 0 bridgehead atoms. The van der Waals surface area contributed by atoms with Gasteiger partial charge in [0.2, 0.25) is 5.91 Å². The van der Waals surface area contributed by atoms with Gasteiger partial charge in [-0.3, -0.25) is 4.79 Å². The van der Waals surface area contributed by atoms with E-state index in [4.69, 9.17) is 10.5 Å². The van der Waals surface area contributed by atoms with Gasteiger partial charge < -0.3 is 20.7 Å². The van der Waals surface area contributed by atoms with Crippen molar-refractivity contribution in [1.82, 2.24) is 5.32 Å². The van der Waals surface area contributed by atoms with E-state index in [1.807, 2.05) is 19.1 Å². The van der Waals surface area contributed by atoms with Crippen LogP contribution in [0.15, 0.2) is 18.2 Å². The molecule has 1 heterocycles. The molecule has 116 valence electrons. The number of piperidine rings is 1. The Hall–Kier alpha value is -1.75. The van der Waals surface area contributed by atoms with E-state index in [2.05, 4.69) is 16.3 Å². The fourth-order valence-electron chi connectivity index (χ4n) is 3.00. The third kappa shape index (κ3) is 3.67. The van der Waals surface area contributed by atoms with Gasteiger partial charge in [0.05, 0.1) is 7.11 Å². The van der Waals surface area contributed by atoms with Crippen LogP contribution in [0.25, 0.3) is 0 Å². The lowest BCUT2D eigenvalue weighted by Gasteiger charge is -2.35. The first kappa shape index (κ1) is 15.6. The van der Waals surface area contributed by atoms with Gasteiger partial charge in [-0.25, -0.2) is 0 Å². The summed E-state index contributed by atoms with van der Waals surface area (Å²) in [7, 11) is 1.67. The molecule has 1 saturated heterocycles. The first-order valence-corrected chi connectivity index (χ1v) is 7.47. The standard InChI is InChI=1S/C16H25N3O2/c1-11(17)16-14(5-4-6-15(16)21-3)19-9-7-13(8-10-19)18-12(2)20/h4-6,11,13H,7-10,17H2,1-3H3,(H,18,20). The summed E-state index contributed by atoms with van der Waals surface area (Å²) in [6.07, 6.45) is 1.91. The number of nitrogens with two attached hydrogens (primary N) is 1. The van der Waals surface area contributed by atoms with Gasteiger partial charge in [0, 0.05) is 43.3 Å². The van der Waals surface area contributed by atoms with Crippen molar-refractivity contribution in [2.45, 2.75) is 38.8 Å². The van der Waals surface area contributed by atoms with Crippen LogP contribution in [-0.4, -0.2) is 32.1 Å². The Balaban J connectivity index is 2.15. The van der Waals surface area contributed by atoms with E-state index < -0.39 is 0 Å². The van der Waals surface area contributed by atoms with Crippen molar-refractivity contribution in [3.05, 3.63) is 23.8 Å². The zero-order valence-corrected chi connectivity index (χ0v) is 13.1. The van der Waals surface area contributed by atoms with Crippen molar-refractivity contribution in [3.63, 3.8) is 0 Å². The number of hydrogen-bond donors (Lipinski definition) is 2. The normalized spacial score (nSPS) is 17.4. The van der Waals surface area contributed by atoms with E-state index in [1.54, 1.807) is 14.0 Å². The molecule has 0 radical (unpaired) electrons. The Morgan fingerprint density at radius 1 is 1.43 bits per heavy atom. The number of ether oxygens (including phenoxy) is 1. The molecule has 1 aromatic carbocycles. The molecule has 0 saturated carbocycles.